The minimum atomic E-state index is -0.0923. The van der Waals surface area contributed by atoms with Crippen LogP contribution in [0.25, 0.3) is 0 Å². The second-order valence-electron chi connectivity index (χ2n) is 4.76. The van der Waals surface area contributed by atoms with Gasteiger partial charge in [-0.3, -0.25) is 14.6 Å². The summed E-state index contributed by atoms with van der Waals surface area (Å²) in [7, 11) is 0. The Labute approximate surface area is 118 Å². The number of aromatic nitrogens is 1. The van der Waals surface area contributed by atoms with Crippen LogP contribution in [0, 0.1) is 0 Å². The molecule has 1 aromatic rings. The highest BCUT2D eigenvalue weighted by atomic mass is 16.2. The van der Waals surface area contributed by atoms with Gasteiger partial charge in [-0.2, -0.15) is 0 Å². The van der Waals surface area contributed by atoms with E-state index in [1.165, 1.54) is 0 Å². The highest BCUT2D eigenvalue weighted by molar-refractivity contribution is 5.83. The van der Waals surface area contributed by atoms with Crippen molar-refractivity contribution in [1.82, 2.24) is 20.5 Å². The fraction of sp³-hybridized carbons (Fsp3) is 0.500. The maximum absolute atomic E-state index is 11.9. The quantitative estimate of drug-likeness (QED) is 0.788. The molecule has 6 heteroatoms. The molecule has 0 saturated carbocycles. The zero-order chi connectivity index (χ0) is 14.2. The Morgan fingerprint density at radius 3 is 2.60 bits per heavy atom. The van der Waals surface area contributed by atoms with Gasteiger partial charge in [-0.1, -0.05) is 0 Å². The molecule has 2 amide bonds. The van der Waals surface area contributed by atoms with Crippen molar-refractivity contribution in [2.24, 2.45) is 0 Å². The standard InChI is InChI=1S/C14H20N4O2/c19-13(17-11-12-3-5-15-6-4-12)1-2-14(20)18-9-7-16-8-10-18/h3-6,16H,1-2,7-11H2,(H,17,19). The van der Waals surface area contributed by atoms with E-state index in [1.54, 1.807) is 12.4 Å². The van der Waals surface area contributed by atoms with Gasteiger partial charge in [0.05, 0.1) is 0 Å². The van der Waals surface area contributed by atoms with Gasteiger partial charge in [0, 0.05) is 58.0 Å². The summed E-state index contributed by atoms with van der Waals surface area (Å²) in [6.45, 7) is 3.61. The number of hydrogen-bond acceptors (Lipinski definition) is 4. The monoisotopic (exact) mass is 276 g/mol. The first-order valence-corrected chi connectivity index (χ1v) is 6.90. The first kappa shape index (κ1) is 14.5. The molecule has 6 nitrogen and oxygen atoms in total. The summed E-state index contributed by atoms with van der Waals surface area (Å²) in [5, 5.41) is 6.00. The van der Waals surface area contributed by atoms with Crippen molar-refractivity contribution in [2.75, 3.05) is 26.2 Å². The zero-order valence-electron chi connectivity index (χ0n) is 11.5. The molecule has 0 bridgehead atoms. The van der Waals surface area contributed by atoms with Crippen LogP contribution in [-0.4, -0.2) is 47.9 Å². The number of amides is 2. The largest absolute Gasteiger partial charge is 0.352 e. The maximum Gasteiger partial charge on any atom is 0.223 e. The summed E-state index contributed by atoms with van der Waals surface area (Å²) in [5.74, 6) is -0.0316. The molecular formula is C14H20N4O2. The molecule has 20 heavy (non-hydrogen) atoms. The summed E-state index contributed by atoms with van der Waals surface area (Å²) < 4.78 is 0. The lowest BCUT2D eigenvalue weighted by molar-refractivity contribution is -0.134. The van der Waals surface area contributed by atoms with Gasteiger partial charge in [0.25, 0.3) is 0 Å². The summed E-state index contributed by atoms with van der Waals surface area (Å²) in [5.41, 5.74) is 1.00. The predicted molar refractivity (Wildman–Crippen MR) is 74.8 cm³/mol. The molecule has 2 rings (SSSR count). The lowest BCUT2D eigenvalue weighted by Crippen LogP contribution is -2.46. The Hall–Kier alpha value is -1.95. The van der Waals surface area contributed by atoms with E-state index < -0.39 is 0 Å². The summed E-state index contributed by atoms with van der Waals surface area (Å²) in [4.78, 5) is 29.3. The van der Waals surface area contributed by atoms with E-state index in [0.717, 1.165) is 31.7 Å². The van der Waals surface area contributed by atoms with Gasteiger partial charge in [0.15, 0.2) is 0 Å². The Bertz CT molecular complexity index is 444. The molecule has 1 aliphatic heterocycles. The van der Waals surface area contributed by atoms with Crippen LogP contribution in [0.2, 0.25) is 0 Å². The topological polar surface area (TPSA) is 74.3 Å². The van der Waals surface area contributed by atoms with Crippen LogP contribution >= 0.6 is 0 Å². The van der Waals surface area contributed by atoms with Crippen molar-refractivity contribution < 1.29 is 9.59 Å². The van der Waals surface area contributed by atoms with Gasteiger partial charge in [-0.25, -0.2) is 0 Å². The fourth-order valence-electron chi connectivity index (χ4n) is 2.08. The number of hydrogen-bond donors (Lipinski definition) is 2. The van der Waals surface area contributed by atoms with E-state index in [9.17, 15) is 9.59 Å². The van der Waals surface area contributed by atoms with Crippen LogP contribution in [0.15, 0.2) is 24.5 Å². The number of nitrogens with one attached hydrogen (secondary N) is 2. The third-order valence-electron chi connectivity index (χ3n) is 3.27. The average Bonchev–Trinajstić information content (AvgIpc) is 2.52. The molecule has 0 aliphatic carbocycles. The van der Waals surface area contributed by atoms with Gasteiger partial charge in [0.2, 0.25) is 11.8 Å². The molecule has 0 atom stereocenters. The third kappa shape index (κ3) is 4.62. The van der Waals surface area contributed by atoms with Crippen molar-refractivity contribution in [2.45, 2.75) is 19.4 Å². The molecule has 1 saturated heterocycles. The molecule has 1 fully saturated rings. The van der Waals surface area contributed by atoms with Crippen molar-refractivity contribution in [3.05, 3.63) is 30.1 Å². The number of carbonyl (C=O) groups is 2. The molecular weight excluding hydrogens is 256 g/mol. The molecule has 0 aromatic carbocycles. The van der Waals surface area contributed by atoms with Crippen molar-refractivity contribution in [3.8, 4) is 0 Å². The molecule has 1 aliphatic rings. The Balaban J connectivity index is 1.65. The Morgan fingerprint density at radius 2 is 1.90 bits per heavy atom. The SMILES string of the molecule is O=C(CCC(=O)N1CCNCC1)NCc1ccncc1. The Kier molecular flexibility index (Phi) is 5.49. The second-order valence-corrected chi connectivity index (χ2v) is 4.76. The van der Waals surface area contributed by atoms with Crippen LogP contribution < -0.4 is 10.6 Å². The van der Waals surface area contributed by atoms with Crippen molar-refractivity contribution in [1.29, 1.82) is 0 Å². The minimum absolute atomic E-state index is 0.0607. The number of nitrogens with zero attached hydrogens (tertiary/aromatic N) is 2. The van der Waals surface area contributed by atoms with Crippen molar-refractivity contribution in [3.63, 3.8) is 0 Å². The number of rotatable bonds is 5. The summed E-state index contributed by atoms with van der Waals surface area (Å²) >= 11 is 0. The van der Waals surface area contributed by atoms with Gasteiger partial charge in [-0.05, 0) is 17.7 Å². The number of piperazine rings is 1. The van der Waals surface area contributed by atoms with E-state index >= 15 is 0 Å². The molecule has 1 aromatic heterocycles. The molecule has 0 unspecified atom stereocenters. The predicted octanol–water partition coefficient (Wildman–Crippen LogP) is -0.0902. The minimum Gasteiger partial charge on any atom is -0.352 e. The van der Waals surface area contributed by atoms with Gasteiger partial charge in [0.1, 0.15) is 0 Å². The van der Waals surface area contributed by atoms with E-state index in [2.05, 4.69) is 15.6 Å². The highest BCUT2D eigenvalue weighted by Crippen LogP contribution is 2.01. The zero-order valence-corrected chi connectivity index (χ0v) is 11.5. The second kappa shape index (κ2) is 7.59. The molecule has 2 N–H and O–H groups in total. The molecule has 0 spiro atoms. The molecule has 0 radical (unpaired) electrons. The Morgan fingerprint density at radius 1 is 1.20 bits per heavy atom. The first-order chi connectivity index (χ1) is 9.75. The van der Waals surface area contributed by atoms with E-state index in [0.29, 0.717) is 6.54 Å². The van der Waals surface area contributed by atoms with E-state index in [1.807, 2.05) is 17.0 Å². The first-order valence-electron chi connectivity index (χ1n) is 6.90. The number of carbonyl (C=O) groups excluding carboxylic acids is 2. The molecule has 2 heterocycles. The number of pyridine rings is 1. The van der Waals surface area contributed by atoms with Crippen LogP contribution in [-0.2, 0) is 16.1 Å². The van der Waals surface area contributed by atoms with E-state index in [-0.39, 0.29) is 24.7 Å². The maximum atomic E-state index is 11.9. The smallest absolute Gasteiger partial charge is 0.223 e. The van der Waals surface area contributed by atoms with Crippen LogP contribution in [0.4, 0.5) is 0 Å². The summed E-state index contributed by atoms with van der Waals surface area (Å²) in [6, 6.07) is 3.71. The van der Waals surface area contributed by atoms with Gasteiger partial charge >= 0.3 is 0 Å². The van der Waals surface area contributed by atoms with Gasteiger partial charge in [-0.15, -0.1) is 0 Å². The van der Waals surface area contributed by atoms with Gasteiger partial charge < -0.3 is 15.5 Å². The average molecular weight is 276 g/mol. The third-order valence-corrected chi connectivity index (χ3v) is 3.27. The lowest BCUT2D eigenvalue weighted by atomic mass is 10.2. The van der Waals surface area contributed by atoms with Crippen LogP contribution in [0.1, 0.15) is 18.4 Å². The van der Waals surface area contributed by atoms with E-state index in [4.69, 9.17) is 0 Å². The van der Waals surface area contributed by atoms with Crippen LogP contribution in [0.5, 0.6) is 0 Å². The normalized spacial score (nSPS) is 14.9. The highest BCUT2D eigenvalue weighted by Gasteiger charge is 2.16. The summed E-state index contributed by atoms with van der Waals surface area (Å²) in [6.07, 6.45) is 3.90. The molecule has 108 valence electrons. The lowest BCUT2D eigenvalue weighted by Gasteiger charge is -2.27. The van der Waals surface area contributed by atoms with Crippen LogP contribution in [0.3, 0.4) is 0 Å². The van der Waals surface area contributed by atoms with Crippen molar-refractivity contribution >= 4 is 11.8 Å². The fourth-order valence-corrected chi connectivity index (χ4v) is 2.08.